The van der Waals surface area contributed by atoms with Gasteiger partial charge in [-0.25, -0.2) is 9.78 Å². The van der Waals surface area contributed by atoms with Crippen molar-refractivity contribution >= 4 is 17.7 Å². The molecule has 1 aliphatic heterocycles. The standard InChI is InChI=1S/C27H26F9N3O3/c1-3-38(20-4-6-21(40)7-5-20)23-16(10-19(12-37-23)27(34,35)36)13-39-14(2)22(42-24(39)41)15-8-17(25(28,29)30)11-18(9-15)26(31,32)33/h8-12,14,20,22H,3-7,13H2,1-2H3/t14-,22-/m0/s1. The lowest BCUT2D eigenvalue weighted by Gasteiger charge is -2.36. The van der Waals surface area contributed by atoms with E-state index in [0.29, 0.717) is 37.7 Å². The Labute approximate surface area is 234 Å². The van der Waals surface area contributed by atoms with E-state index in [1.54, 1.807) is 11.8 Å². The first-order chi connectivity index (χ1) is 19.4. The molecule has 1 amide bonds. The van der Waals surface area contributed by atoms with Crippen LogP contribution in [0.25, 0.3) is 0 Å². The molecule has 0 unspecified atom stereocenters. The van der Waals surface area contributed by atoms with E-state index in [4.69, 9.17) is 4.74 Å². The lowest BCUT2D eigenvalue weighted by Crippen LogP contribution is -2.40. The van der Waals surface area contributed by atoms with Crippen molar-refractivity contribution in [2.24, 2.45) is 0 Å². The molecule has 2 heterocycles. The number of carbonyl (C=O) groups excluding carboxylic acids is 2. The fourth-order valence-corrected chi connectivity index (χ4v) is 5.34. The van der Waals surface area contributed by atoms with Crippen LogP contribution in [0, 0.1) is 0 Å². The number of Topliss-reactive ketones (excluding diaryl/α,β-unsaturated/α-hetero) is 1. The van der Waals surface area contributed by atoms with E-state index in [9.17, 15) is 49.1 Å². The van der Waals surface area contributed by atoms with Crippen LogP contribution >= 0.6 is 0 Å². The van der Waals surface area contributed by atoms with Gasteiger partial charge in [-0.05, 0) is 56.5 Å². The molecule has 1 aliphatic carbocycles. The molecule has 2 atom stereocenters. The molecule has 1 aromatic carbocycles. The number of rotatable bonds is 6. The topological polar surface area (TPSA) is 62.7 Å². The Kier molecular flexibility index (Phi) is 8.44. The van der Waals surface area contributed by atoms with Gasteiger partial charge in [-0.15, -0.1) is 0 Å². The summed E-state index contributed by atoms with van der Waals surface area (Å²) in [6.45, 7) is 2.84. The van der Waals surface area contributed by atoms with Crippen LogP contribution in [-0.4, -0.2) is 40.4 Å². The summed E-state index contributed by atoms with van der Waals surface area (Å²) in [4.78, 5) is 31.3. The first kappa shape index (κ1) is 31.4. The number of hydrogen-bond donors (Lipinski definition) is 0. The number of benzene rings is 1. The number of halogens is 9. The Morgan fingerprint density at radius 1 is 0.881 bits per heavy atom. The van der Waals surface area contributed by atoms with Gasteiger partial charge in [0, 0.05) is 37.2 Å². The van der Waals surface area contributed by atoms with Crippen LogP contribution in [0.2, 0.25) is 0 Å². The predicted octanol–water partition coefficient (Wildman–Crippen LogP) is 7.56. The van der Waals surface area contributed by atoms with Gasteiger partial charge in [-0.1, -0.05) is 0 Å². The van der Waals surface area contributed by atoms with Gasteiger partial charge in [0.15, 0.2) is 0 Å². The molecule has 4 rings (SSSR count). The van der Waals surface area contributed by atoms with Gasteiger partial charge >= 0.3 is 24.6 Å². The summed E-state index contributed by atoms with van der Waals surface area (Å²) in [6.07, 6.45) is -15.7. The van der Waals surface area contributed by atoms with E-state index < -0.39 is 65.6 Å². The molecule has 6 nitrogen and oxygen atoms in total. The number of cyclic esters (lactones) is 1. The van der Waals surface area contributed by atoms with Crippen molar-refractivity contribution in [1.82, 2.24) is 9.88 Å². The number of carbonyl (C=O) groups is 2. The van der Waals surface area contributed by atoms with E-state index >= 15 is 0 Å². The molecule has 230 valence electrons. The number of alkyl halides is 9. The van der Waals surface area contributed by atoms with E-state index in [-0.39, 0.29) is 42.1 Å². The van der Waals surface area contributed by atoms with E-state index in [1.807, 2.05) is 0 Å². The molecule has 0 spiro atoms. The quantitative estimate of drug-likeness (QED) is 0.316. The largest absolute Gasteiger partial charge is 0.439 e. The summed E-state index contributed by atoms with van der Waals surface area (Å²) in [5, 5.41) is 0. The zero-order valence-corrected chi connectivity index (χ0v) is 22.3. The fourth-order valence-electron chi connectivity index (χ4n) is 5.34. The van der Waals surface area contributed by atoms with Crippen LogP contribution in [0.3, 0.4) is 0 Å². The van der Waals surface area contributed by atoms with Gasteiger partial charge in [0.05, 0.1) is 29.3 Å². The highest BCUT2D eigenvalue weighted by Gasteiger charge is 2.44. The van der Waals surface area contributed by atoms with Crippen molar-refractivity contribution in [2.45, 2.75) is 82.8 Å². The summed E-state index contributed by atoms with van der Waals surface area (Å²) in [5.74, 6) is 0.178. The number of anilines is 1. The number of hydrogen-bond acceptors (Lipinski definition) is 5. The maximum absolute atomic E-state index is 13.6. The normalized spacial score (nSPS) is 20.7. The van der Waals surface area contributed by atoms with Gasteiger partial charge in [-0.3, -0.25) is 9.69 Å². The second-order valence-electron chi connectivity index (χ2n) is 10.3. The zero-order valence-electron chi connectivity index (χ0n) is 22.3. The molecule has 15 heteroatoms. The van der Waals surface area contributed by atoms with Crippen LogP contribution < -0.4 is 4.90 Å². The highest BCUT2D eigenvalue weighted by molar-refractivity contribution is 5.79. The Bertz CT molecular complexity index is 1300. The van der Waals surface area contributed by atoms with Gasteiger partial charge in [0.1, 0.15) is 17.7 Å². The molecular formula is C27H26F9N3O3. The third kappa shape index (κ3) is 6.59. The Balaban J connectivity index is 1.71. The molecule has 2 aromatic rings. The molecule has 0 bridgehead atoms. The SMILES string of the molecule is CCN(c1ncc(C(F)(F)F)cc1CN1C(=O)O[C@H](c2cc(C(F)(F)F)cc(C(F)(F)F)c2)[C@@H]1C)C1CCC(=O)CC1. The molecule has 2 fully saturated rings. The Morgan fingerprint density at radius 3 is 1.93 bits per heavy atom. The van der Waals surface area contributed by atoms with Gasteiger partial charge < -0.3 is 9.64 Å². The maximum atomic E-state index is 13.6. The Hall–Kier alpha value is -3.52. The average molecular weight is 612 g/mol. The molecule has 2 aliphatic rings. The average Bonchev–Trinajstić information content (AvgIpc) is 3.17. The van der Waals surface area contributed by atoms with E-state index in [0.717, 1.165) is 11.0 Å². The van der Waals surface area contributed by atoms with E-state index in [1.165, 1.54) is 6.92 Å². The fraction of sp³-hybridized carbons (Fsp3) is 0.519. The van der Waals surface area contributed by atoms with Crippen LogP contribution in [0.15, 0.2) is 30.5 Å². The first-order valence-corrected chi connectivity index (χ1v) is 13.0. The number of ether oxygens (including phenoxy) is 1. The van der Waals surface area contributed by atoms with Crippen molar-refractivity contribution < 1.29 is 53.8 Å². The number of pyridine rings is 1. The number of amides is 1. The molecular weight excluding hydrogens is 585 g/mol. The second-order valence-corrected chi connectivity index (χ2v) is 10.3. The lowest BCUT2D eigenvalue weighted by molar-refractivity contribution is -0.143. The third-order valence-corrected chi connectivity index (χ3v) is 7.51. The minimum absolute atomic E-state index is 0.0481. The van der Waals surface area contributed by atoms with Crippen molar-refractivity contribution in [3.63, 3.8) is 0 Å². The smallest absolute Gasteiger partial charge is 0.417 e. The predicted molar refractivity (Wildman–Crippen MR) is 130 cm³/mol. The van der Waals surface area contributed by atoms with Crippen molar-refractivity contribution in [1.29, 1.82) is 0 Å². The van der Waals surface area contributed by atoms with E-state index in [2.05, 4.69) is 4.98 Å². The maximum Gasteiger partial charge on any atom is 0.417 e. The minimum atomic E-state index is -5.13. The monoisotopic (exact) mass is 611 g/mol. The van der Waals surface area contributed by atoms with Crippen LogP contribution in [-0.2, 0) is 34.6 Å². The van der Waals surface area contributed by atoms with Gasteiger partial charge in [-0.2, -0.15) is 39.5 Å². The number of nitrogens with zero attached hydrogens (tertiary/aromatic N) is 3. The summed E-state index contributed by atoms with van der Waals surface area (Å²) in [7, 11) is 0. The minimum Gasteiger partial charge on any atom is -0.439 e. The lowest BCUT2D eigenvalue weighted by atomic mass is 9.92. The molecule has 1 saturated carbocycles. The zero-order chi connectivity index (χ0) is 31.2. The summed E-state index contributed by atoms with van der Waals surface area (Å²) in [5.41, 5.74) is -4.91. The highest BCUT2D eigenvalue weighted by atomic mass is 19.4. The second kappa shape index (κ2) is 11.3. The van der Waals surface area contributed by atoms with Crippen LogP contribution in [0.1, 0.15) is 73.5 Å². The first-order valence-electron chi connectivity index (χ1n) is 13.0. The van der Waals surface area contributed by atoms with Crippen molar-refractivity contribution in [3.8, 4) is 0 Å². The molecule has 42 heavy (non-hydrogen) atoms. The van der Waals surface area contributed by atoms with Crippen molar-refractivity contribution in [3.05, 3.63) is 58.3 Å². The molecule has 0 N–H and O–H groups in total. The summed E-state index contributed by atoms with van der Waals surface area (Å²) < 4.78 is 127. The van der Waals surface area contributed by atoms with Gasteiger partial charge in [0.2, 0.25) is 0 Å². The molecule has 0 radical (unpaired) electrons. The summed E-state index contributed by atoms with van der Waals surface area (Å²) >= 11 is 0. The highest BCUT2D eigenvalue weighted by Crippen LogP contribution is 2.42. The van der Waals surface area contributed by atoms with Crippen LogP contribution in [0.4, 0.5) is 50.1 Å². The van der Waals surface area contributed by atoms with Gasteiger partial charge in [0.25, 0.3) is 0 Å². The third-order valence-electron chi connectivity index (χ3n) is 7.51. The molecule has 1 aromatic heterocycles. The molecule has 1 saturated heterocycles. The Morgan fingerprint density at radius 2 is 1.43 bits per heavy atom. The van der Waals surface area contributed by atoms with Crippen LogP contribution in [0.5, 0.6) is 0 Å². The summed E-state index contributed by atoms with van der Waals surface area (Å²) in [6, 6.07) is 0.269. The number of aromatic nitrogens is 1. The number of ketones is 1. The van der Waals surface area contributed by atoms with Crippen molar-refractivity contribution in [2.75, 3.05) is 11.4 Å².